The van der Waals surface area contributed by atoms with Gasteiger partial charge < -0.3 is 0 Å². The number of aromatic nitrogens is 3. The van der Waals surface area contributed by atoms with Crippen molar-refractivity contribution in [2.75, 3.05) is 0 Å². The van der Waals surface area contributed by atoms with Crippen LogP contribution in [0.25, 0.3) is 5.78 Å². The predicted molar refractivity (Wildman–Crippen MR) is 87.6 cm³/mol. The lowest BCUT2D eigenvalue weighted by Gasteiger charge is -2.30. The fourth-order valence-corrected chi connectivity index (χ4v) is 3.15. The first-order valence-electron chi connectivity index (χ1n) is 7.51. The van der Waals surface area contributed by atoms with Gasteiger partial charge in [0.25, 0.3) is 0 Å². The Morgan fingerprint density at radius 2 is 2.05 bits per heavy atom. The number of fused-ring (bicyclic) bond motifs is 2. The first-order valence-corrected chi connectivity index (χ1v) is 7.51. The van der Waals surface area contributed by atoms with Crippen LogP contribution in [0.15, 0.2) is 48.0 Å². The van der Waals surface area contributed by atoms with Crippen LogP contribution in [0, 0.1) is 6.92 Å². The monoisotopic (exact) mass is 290 g/mol. The lowest BCUT2D eigenvalue weighted by Crippen LogP contribution is -2.30. The molecule has 0 fully saturated rings. The van der Waals surface area contributed by atoms with Gasteiger partial charge in [-0.15, -0.1) is 0 Å². The molecule has 4 nitrogen and oxygen atoms in total. The van der Waals surface area contributed by atoms with Crippen LogP contribution in [0.1, 0.15) is 36.1 Å². The quantitative estimate of drug-likeness (QED) is 0.690. The normalized spacial score (nSPS) is 16.4. The molecule has 110 valence electrons. The van der Waals surface area contributed by atoms with E-state index in [4.69, 9.17) is 4.99 Å². The number of hydrogen-bond donors (Lipinski definition) is 0. The van der Waals surface area contributed by atoms with Gasteiger partial charge in [-0.05, 0) is 38.3 Å². The highest BCUT2D eigenvalue weighted by Crippen LogP contribution is 2.31. The number of nitrogens with zero attached hydrogens (tertiary/aromatic N) is 4. The van der Waals surface area contributed by atoms with Gasteiger partial charge in [-0.2, -0.15) is 0 Å². The summed E-state index contributed by atoms with van der Waals surface area (Å²) < 4.78 is 1.94. The fourth-order valence-electron chi connectivity index (χ4n) is 3.15. The second kappa shape index (κ2) is 4.50. The largest absolute Gasteiger partial charge is 0.291 e. The molecule has 1 aliphatic heterocycles. The summed E-state index contributed by atoms with van der Waals surface area (Å²) >= 11 is 0. The van der Waals surface area contributed by atoms with Gasteiger partial charge in [-0.1, -0.05) is 18.2 Å². The Labute approximate surface area is 129 Å². The van der Waals surface area contributed by atoms with E-state index in [-0.39, 0.29) is 5.54 Å². The standard InChI is InChI=1S/C18H18N4/c1-12-5-4-6-14-15(12)9-18(2,3)21-16(14)13-10-20-17-19-7-8-22(17)11-13/h4-8,10-11H,9H2,1-3H3. The molecule has 2 aromatic heterocycles. The van der Waals surface area contributed by atoms with E-state index in [0.717, 1.165) is 17.7 Å². The molecule has 0 spiro atoms. The predicted octanol–water partition coefficient (Wildman–Crippen LogP) is 3.21. The molecule has 0 N–H and O–H groups in total. The number of benzene rings is 1. The molecule has 4 rings (SSSR count). The van der Waals surface area contributed by atoms with E-state index in [0.29, 0.717) is 5.78 Å². The molecule has 0 amide bonds. The minimum atomic E-state index is -0.0989. The molecule has 0 aliphatic carbocycles. The van der Waals surface area contributed by atoms with Crippen LogP contribution in [-0.4, -0.2) is 25.6 Å². The second-order valence-electron chi connectivity index (χ2n) is 6.53. The van der Waals surface area contributed by atoms with Crippen molar-refractivity contribution in [2.24, 2.45) is 4.99 Å². The Balaban J connectivity index is 1.96. The van der Waals surface area contributed by atoms with Crippen LogP contribution < -0.4 is 0 Å². The Kier molecular flexibility index (Phi) is 2.70. The van der Waals surface area contributed by atoms with Crippen molar-refractivity contribution in [1.82, 2.24) is 14.4 Å². The summed E-state index contributed by atoms with van der Waals surface area (Å²) in [5.74, 6) is 0.712. The van der Waals surface area contributed by atoms with E-state index in [1.54, 1.807) is 6.20 Å². The van der Waals surface area contributed by atoms with Gasteiger partial charge in [-0.3, -0.25) is 9.39 Å². The smallest absolute Gasteiger partial charge is 0.233 e. The number of aliphatic imine (C=N–C) groups is 1. The van der Waals surface area contributed by atoms with Crippen LogP contribution in [-0.2, 0) is 6.42 Å². The van der Waals surface area contributed by atoms with E-state index in [1.807, 2.05) is 16.8 Å². The van der Waals surface area contributed by atoms with Crippen LogP contribution in [0.4, 0.5) is 0 Å². The number of aryl methyl sites for hydroxylation is 1. The zero-order valence-corrected chi connectivity index (χ0v) is 13.0. The van der Waals surface area contributed by atoms with Crippen LogP contribution in [0.2, 0.25) is 0 Å². The summed E-state index contributed by atoms with van der Waals surface area (Å²) in [4.78, 5) is 13.6. The Morgan fingerprint density at radius 3 is 2.91 bits per heavy atom. The highest BCUT2D eigenvalue weighted by atomic mass is 15.1. The number of hydrogen-bond acceptors (Lipinski definition) is 3. The van der Waals surface area contributed by atoms with Gasteiger partial charge in [0, 0.05) is 35.9 Å². The zero-order chi connectivity index (χ0) is 15.3. The van der Waals surface area contributed by atoms with E-state index in [9.17, 15) is 0 Å². The lowest BCUT2D eigenvalue weighted by molar-refractivity contribution is 0.512. The van der Waals surface area contributed by atoms with E-state index < -0.39 is 0 Å². The summed E-state index contributed by atoms with van der Waals surface area (Å²) in [7, 11) is 0. The van der Waals surface area contributed by atoms with Gasteiger partial charge >= 0.3 is 0 Å². The van der Waals surface area contributed by atoms with Gasteiger partial charge in [0.05, 0.1) is 11.3 Å². The summed E-state index contributed by atoms with van der Waals surface area (Å²) in [5, 5.41) is 0. The molecule has 3 aromatic rings. The van der Waals surface area contributed by atoms with E-state index >= 15 is 0 Å². The van der Waals surface area contributed by atoms with Crippen molar-refractivity contribution in [3.63, 3.8) is 0 Å². The maximum atomic E-state index is 5.00. The van der Waals surface area contributed by atoms with Crippen molar-refractivity contribution in [3.8, 4) is 0 Å². The molecule has 3 heterocycles. The van der Waals surface area contributed by atoms with Crippen molar-refractivity contribution in [1.29, 1.82) is 0 Å². The van der Waals surface area contributed by atoms with Crippen LogP contribution in [0.3, 0.4) is 0 Å². The SMILES string of the molecule is Cc1cccc2c1CC(C)(C)N=C2c1cnc2nccn2c1. The van der Waals surface area contributed by atoms with Gasteiger partial charge in [0.1, 0.15) is 0 Å². The van der Waals surface area contributed by atoms with Crippen molar-refractivity contribution in [3.05, 3.63) is 65.2 Å². The minimum absolute atomic E-state index is 0.0989. The Morgan fingerprint density at radius 1 is 1.18 bits per heavy atom. The first-order chi connectivity index (χ1) is 10.5. The number of imidazole rings is 1. The molecular formula is C18H18N4. The summed E-state index contributed by atoms with van der Waals surface area (Å²) in [5.41, 5.74) is 5.90. The van der Waals surface area contributed by atoms with Crippen molar-refractivity contribution in [2.45, 2.75) is 32.7 Å². The molecule has 0 atom stereocenters. The number of rotatable bonds is 1. The first kappa shape index (κ1) is 13.2. The second-order valence-corrected chi connectivity index (χ2v) is 6.53. The molecule has 0 saturated heterocycles. The molecule has 4 heteroatoms. The average Bonchev–Trinajstić information content (AvgIpc) is 2.94. The Bertz CT molecular complexity index is 902. The summed E-state index contributed by atoms with van der Waals surface area (Å²) in [6, 6.07) is 6.44. The highest BCUT2D eigenvalue weighted by Gasteiger charge is 2.28. The van der Waals surface area contributed by atoms with Gasteiger partial charge in [0.2, 0.25) is 5.78 Å². The molecule has 22 heavy (non-hydrogen) atoms. The molecule has 0 unspecified atom stereocenters. The van der Waals surface area contributed by atoms with E-state index in [1.165, 1.54) is 16.7 Å². The van der Waals surface area contributed by atoms with Crippen molar-refractivity contribution >= 4 is 11.5 Å². The topological polar surface area (TPSA) is 42.5 Å². The summed E-state index contributed by atoms with van der Waals surface area (Å²) in [6.45, 7) is 6.55. The van der Waals surface area contributed by atoms with Gasteiger partial charge in [0.15, 0.2) is 0 Å². The van der Waals surface area contributed by atoms with Gasteiger partial charge in [-0.25, -0.2) is 9.97 Å². The maximum absolute atomic E-state index is 5.00. The van der Waals surface area contributed by atoms with Crippen LogP contribution >= 0.6 is 0 Å². The van der Waals surface area contributed by atoms with E-state index in [2.05, 4.69) is 55.1 Å². The van der Waals surface area contributed by atoms with Crippen molar-refractivity contribution < 1.29 is 0 Å². The fraction of sp³-hybridized carbons (Fsp3) is 0.278. The third-order valence-electron chi connectivity index (χ3n) is 4.21. The van der Waals surface area contributed by atoms with Crippen LogP contribution in [0.5, 0.6) is 0 Å². The minimum Gasteiger partial charge on any atom is -0.291 e. The third kappa shape index (κ3) is 2.03. The molecule has 1 aliphatic rings. The lowest BCUT2D eigenvalue weighted by atomic mass is 9.83. The highest BCUT2D eigenvalue weighted by molar-refractivity contribution is 6.14. The molecular weight excluding hydrogens is 272 g/mol. The molecule has 0 bridgehead atoms. The molecule has 0 saturated carbocycles. The summed E-state index contributed by atoms with van der Waals surface area (Å²) in [6.07, 6.45) is 8.57. The average molecular weight is 290 g/mol. The maximum Gasteiger partial charge on any atom is 0.233 e. The third-order valence-corrected chi connectivity index (χ3v) is 4.21. The Hall–Kier alpha value is -2.49. The molecule has 1 aromatic carbocycles. The zero-order valence-electron chi connectivity index (χ0n) is 13.0. The molecule has 0 radical (unpaired) electrons.